The van der Waals surface area contributed by atoms with Crippen molar-refractivity contribution in [3.05, 3.63) is 24.5 Å². The zero-order valence-corrected chi connectivity index (χ0v) is 19.4. The van der Waals surface area contributed by atoms with Crippen LogP contribution in [0, 0.1) is 11.3 Å². The molecule has 0 saturated carbocycles. The van der Waals surface area contributed by atoms with Crippen molar-refractivity contribution in [1.82, 2.24) is 0 Å². The van der Waals surface area contributed by atoms with Gasteiger partial charge in [0.05, 0.1) is 25.1 Å². The Morgan fingerprint density at radius 2 is 1.89 bits per heavy atom. The van der Waals surface area contributed by atoms with E-state index in [-0.39, 0.29) is 11.0 Å². The third-order valence-electron chi connectivity index (χ3n) is 6.82. The van der Waals surface area contributed by atoms with Crippen molar-refractivity contribution in [3.63, 3.8) is 0 Å². The normalized spacial score (nSPS) is 24.6. The minimum absolute atomic E-state index is 0.0548. The number of allylic oxidation sites excluding steroid dienone is 2. The molecular formula is C22H40O4Si. The number of hydrogen-bond donors (Lipinski definition) is 1. The lowest BCUT2D eigenvalue weighted by Crippen LogP contribution is -2.52. The van der Waals surface area contributed by atoms with Crippen molar-refractivity contribution in [2.24, 2.45) is 11.3 Å². The van der Waals surface area contributed by atoms with Gasteiger partial charge < -0.3 is 19.0 Å². The Balaban J connectivity index is 2.34. The molecule has 0 bridgehead atoms. The third kappa shape index (κ3) is 4.69. The van der Waals surface area contributed by atoms with Gasteiger partial charge in [-0.25, -0.2) is 0 Å². The van der Waals surface area contributed by atoms with Crippen molar-refractivity contribution in [3.8, 4) is 0 Å². The summed E-state index contributed by atoms with van der Waals surface area (Å²) in [5.41, 5.74) is -0.393. The molecule has 0 radical (unpaired) electrons. The lowest BCUT2D eigenvalue weighted by molar-refractivity contribution is -0.226. The molecule has 0 aromatic rings. The van der Waals surface area contributed by atoms with E-state index in [0.717, 1.165) is 25.0 Å². The summed E-state index contributed by atoms with van der Waals surface area (Å²) in [7, 11) is -1.91. The first kappa shape index (κ1) is 22.7. The van der Waals surface area contributed by atoms with Gasteiger partial charge in [-0.3, -0.25) is 0 Å². The summed E-state index contributed by atoms with van der Waals surface area (Å²) >= 11 is 0. The summed E-state index contributed by atoms with van der Waals surface area (Å²) in [4.78, 5) is 0. The first-order chi connectivity index (χ1) is 12.4. The molecule has 2 rings (SSSR count). The maximum Gasteiger partial charge on any atom is 0.250 e. The Bertz CT molecular complexity index is 553. The van der Waals surface area contributed by atoms with Gasteiger partial charge in [0.2, 0.25) is 8.32 Å². The zero-order valence-electron chi connectivity index (χ0n) is 18.4. The molecule has 2 unspecified atom stereocenters. The molecule has 1 saturated heterocycles. The van der Waals surface area contributed by atoms with Gasteiger partial charge >= 0.3 is 0 Å². The second kappa shape index (κ2) is 8.01. The molecule has 2 atom stereocenters. The molecule has 4 nitrogen and oxygen atoms in total. The van der Waals surface area contributed by atoms with E-state index < -0.39 is 25.6 Å². The molecular weight excluding hydrogens is 356 g/mol. The van der Waals surface area contributed by atoms with Crippen LogP contribution < -0.4 is 0 Å². The van der Waals surface area contributed by atoms with Gasteiger partial charge in [0.1, 0.15) is 0 Å². The number of ether oxygens (including phenoxy) is 2. The Morgan fingerprint density at radius 1 is 1.30 bits per heavy atom. The number of hydrogen-bond acceptors (Lipinski definition) is 4. The first-order valence-corrected chi connectivity index (χ1v) is 13.2. The van der Waals surface area contributed by atoms with E-state index in [0.29, 0.717) is 19.6 Å². The van der Waals surface area contributed by atoms with Gasteiger partial charge in [-0.2, -0.15) is 0 Å². The highest BCUT2D eigenvalue weighted by Crippen LogP contribution is 2.51. The van der Waals surface area contributed by atoms with Gasteiger partial charge in [-0.15, -0.1) is 6.58 Å². The minimum Gasteiger partial charge on any atom is -0.547 e. The Kier molecular flexibility index (Phi) is 6.73. The molecule has 1 aliphatic heterocycles. The highest BCUT2D eigenvalue weighted by molar-refractivity contribution is 6.74. The van der Waals surface area contributed by atoms with Gasteiger partial charge in [-0.05, 0) is 37.0 Å². The first-order valence-electron chi connectivity index (χ1n) is 10.3. The fourth-order valence-corrected chi connectivity index (χ4v) is 4.98. The summed E-state index contributed by atoms with van der Waals surface area (Å²) in [5.74, 6) is 0.347. The van der Waals surface area contributed by atoms with E-state index in [1.165, 1.54) is 0 Å². The molecule has 0 amide bonds. The van der Waals surface area contributed by atoms with Crippen LogP contribution in [0.1, 0.15) is 60.3 Å². The summed E-state index contributed by atoms with van der Waals surface area (Å²) in [6, 6.07) is 0. The van der Waals surface area contributed by atoms with Crippen LogP contribution >= 0.6 is 0 Å². The molecule has 0 aromatic heterocycles. The standard InChI is InChI=1S/C22H40O4Si/c1-9-10-11-19(23)21(5,6)18-16-17(26-27(7,8)20(2,3)4)12-13-22(18)24-14-15-25-22/h9,16,18-19,23H,1,10-15H2,2-8H3. The largest absolute Gasteiger partial charge is 0.547 e. The van der Waals surface area contributed by atoms with E-state index >= 15 is 0 Å². The molecule has 1 heterocycles. The zero-order chi connectivity index (χ0) is 20.5. The second-order valence-corrected chi connectivity index (χ2v) is 14.9. The van der Waals surface area contributed by atoms with E-state index in [4.69, 9.17) is 13.9 Å². The highest BCUT2D eigenvalue weighted by Gasteiger charge is 2.54. The van der Waals surface area contributed by atoms with Crippen molar-refractivity contribution in [2.75, 3.05) is 13.2 Å². The number of aliphatic hydroxyl groups excluding tert-OH is 1. The quantitative estimate of drug-likeness (QED) is 0.462. The Hall–Kier alpha value is -0.623. The monoisotopic (exact) mass is 396 g/mol. The molecule has 2 aliphatic rings. The maximum absolute atomic E-state index is 10.9. The van der Waals surface area contributed by atoms with Crippen LogP contribution in [-0.4, -0.2) is 38.5 Å². The molecule has 1 spiro atoms. The second-order valence-electron chi connectivity index (χ2n) is 10.2. The predicted octanol–water partition coefficient (Wildman–Crippen LogP) is 5.40. The van der Waals surface area contributed by atoms with E-state index in [1.54, 1.807) is 0 Å². The minimum atomic E-state index is -1.91. The van der Waals surface area contributed by atoms with Crippen LogP contribution in [0.5, 0.6) is 0 Å². The lowest BCUT2D eigenvalue weighted by atomic mass is 9.66. The number of aliphatic hydroxyl groups is 1. The summed E-state index contributed by atoms with van der Waals surface area (Å²) < 4.78 is 18.9. The Labute approximate surface area is 167 Å². The molecule has 1 N–H and O–H groups in total. The topological polar surface area (TPSA) is 47.9 Å². The van der Waals surface area contributed by atoms with Crippen LogP contribution in [0.2, 0.25) is 18.1 Å². The molecule has 1 fully saturated rings. The van der Waals surface area contributed by atoms with Crippen LogP contribution in [0.25, 0.3) is 0 Å². The third-order valence-corrected chi connectivity index (χ3v) is 11.2. The number of rotatable bonds is 7. The highest BCUT2D eigenvalue weighted by atomic mass is 28.4. The van der Waals surface area contributed by atoms with Crippen molar-refractivity contribution in [1.29, 1.82) is 0 Å². The molecule has 0 aromatic carbocycles. The average molecular weight is 397 g/mol. The molecule has 156 valence electrons. The SMILES string of the molecule is C=CCCC(O)C(C)(C)C1C=C(O[Si](C)(C)C(C)(C)C)CCC12OCCO2. The van der Waals surface area contributed by atoms with Crippen LogP contribution in [0.15, 0.2) is 24.5 Å². The van der Waals surface area contributed by atoms with Crippen molar-refractivity contribution < 1.29 is 19.0 Å². The van der Waals surface area contributed by atoms with E-state index in [2.05, 4.69) is 60.4 Å². The molecule has 1 aliphatic carbocycles. The lowest BCUT2D eigenvalue weighted by Gasteiger charge is -2.48. The Morgan fingerprint density at radius 3 is 2.41 bits per heavy atom. The van der Waals surface area contributed by atoms with Crippen LogP contribution in [0.4, 0.5) is 0 Å². The summed E-state index contributed by atoms with van der Waals surface area (Å²) in [6.07, 6.45) is 6.68. The van der Waals surface area contributed by atoms with Crippen LogP contribution in [0.3, 0.4) is 0 Å². The smallest absolute Gasteiger partial charge is 0.250 e. The van der Waals surface area contributed by atoms with Crippen LogP contribution in [-0.2, 0) is 13.9 Å². The fourth-order valence-electron chi connectivity index (χ4n) is 3.85. The van der Waals surface area contributed by atoms with E-state index in [1.807, 2.05) is 6.08 Å². The van der Waals surface area contributed by atoms with E-state index in [9.17, 15) is 5.11 Å². The van der Waals surface area contributed by atoms with Gasteiger partial charge in [0.25, 0.3) is 0 Å². The van der Waals surface area contributed by atoms with Crippen molar-refractivity contribution in [2.45, 2.75) is 90.3 Å². The predicted molar refractivity (Wildman–Crippen MR) is 113 cm³/mol. The fraction of sp³-hybridized carbons (Fsp3) is 0.818. The summed E-state index contributed by atoms with van der Waals surface area (Å²) in [6.45, 7) is 20.6. The van der Waals surface area contributed by atoms with Crippen molar-refractivity contribution >= 4 is 8.32 Å². The summed E-state index contributed by atoms with van der Waals surface area (Å²) in [5, 5.41) is 11.1. The maximum atomic E-state index is 10.9. The molecule has 5 heteroatoms. The van der Waals surface area contributed by atoms with Gasteiger partial charge in [-0.1, -0.05) is 40.7 Å². The average Bonchev–Trinajstić information content (AvgIpc) is 3.02. The van der Waals surface area contributed by atoms with Gasteiger partial charge in [0, 0.05) is 24.2 Å². The molecule has 27 heavy (non-hydrogen) atoms. The van der Waals surface area contributed by atoms with Gasteiger partial charge in [0.15, 0.2) is 5.79 Å².